The van der Waals surface area contributed by atoms with Crippen LogP contribution in [0.5, 0.6) is 0 Å². The molecule has 0 saturated carbocycles. The van der Waals surface area contributed by atoms with Gasteiger partial charge in [-0.3, -0.25) is 14.4 Å². The minimum atomic E-state index is -1.19. The number of imide groups is 1. The lowest BCUT2D eigenvalue weighted by molar-refractivity contribution is -0.176. The van der Waals surface area contributed by atoms with Crippen molar-refractivity contribution in [2.75, 3.05) is 0 Å². The second-order valence-corrected chi connectivity index (χ2v) is 5.99. The fraction of sp³-hybridized carbons (Fsp3) is 0.158. The van der Waals surface area contributed by atoms with E-state index in [1.165, 1.54) is 12.1 Å². The first kappa shape index (κ1) is 16.0. The number of hydrogen-bond acceptors (Lipinski definition) is 6. The number of nitrogens with zero attached hydrogens (tertiary/aromatic N) is 1. The highest BCUT2D eigenvalue weighted by Crippen LogP contribution is 2.34. The lowest BCUT2D eigenvalue weighted by Crippen LogP contribution is -2.36. The van der Waals surface area contributed by atoms with Gasteiger partial charge in [0, 0.05) is 6.42 Å². The van der Waals surface area contributed by atoms with Crippen LogP contribution in [0.15, 0.2) is 54.6 Å². The smallest absolute Gasteiger partial charge is 0.347 e. The predicted molar refractivity (Wildman–Crippen MR) is 86.4 cm³/mol. The van der Waals surface area contributed by atoms with E-state index in [1.807, 2.05) is 6.07 Å². The summed E-state index contributed by atoms with van der Waals surface area (Å²) in [6, 6.07) is 15.2. The van der Waals surface area contributed by atoms with Crippen molar-refractivity contribution in [2.24, 2.45) is 5.92 Å². The molecule has 4 rings (SSSR count). The number of carbonyl (C=O) groups is 4. The second-order valence-electron chi connectivity index (χ2n) is 5.99. The lowest BCUT2D eigenvalue weighted by atomic mass is 10.0. The number of ether oxygens (including phenoxy) is 1. The SMILES string of the molecule is O=C1OC(c2ccccc2)CC1C(=O)ON1C(=O)c2ccccc2C1=O. The number of carbonyl (C=O) groups excluding carboxylic acids is 4. The highest BCUT2D eigenvalue weighted by Gasteiger charge is 2.45. The average Bonchev–Trinajstić information content (AvgIpc) is 3.17. The lowest BCUT2D eigenvalue weighted by Gasteiger charge is -2.14. The van der Waals surface area contributed by atoms with Gasteiger partial charge in [-0.05, 0) is 17.7 Å². The van der Waals surface area contributed by atoms with Crippen molar-refractivity contribution in [3.63, 3.8) is 0 Å². The Morgan fingerprint density at radius 1 is 0.923 bits per heavy atom. The minimum Gasteiger partial charge on any atom is -0.457 e. The summed E-state index contributed by atoms with van der Waals surface area (Å²) in [6.07, 6.45) is -0.478. The van der Waals surface area contributed by atoms with E-state index in [-0.39, 0.29) is 17.5 Å². The van der Waals surface area contributed by atoms with Crippen LogP contribution in [0.1, 0.15) is 38.8 Å². The Morgan fingerprint density at radius 3 is 2.12 bits per heavy atom. The highest BCUT2D eigenvalue weighted by molar-refractivity contribution is 6.21. The van der Waals surface area contributed by atoms with Crippen molar-refractivity contribution in [3.8, 4) is 0 Å². The Labute approximate surface area is 148 Å². The first-order valence-corrected chi connectivity index (χ1v) is 8.01. The topological polar surface area (TPSA) is 90.0 Å². The predicted octanol–water partition coefficient (Wildman–Crippen LogP) is 2.05. The van der Waals surface area contributed by atoms with Gasteiger partial charge in [-0.15, -0.1) is 0 Å². The molecule has 7 nitrogen and oxygen atoms in total. The van der Waals surface area contributed by atoms with Crippen molar-refractivity contribution in [1.29, 1.82) is 0 Å². The van der Waals surface area contributed by atoms with Gasteiger partial charge in [0.2, 0.25) is 0 Å². The Morgan fingerprint density at radius 2 is 1.50 bits per heavy atom. The standard InChI is InChI=1S/C19H13NO6/c21-16-12-8-4-5-9-13(12)17(22)20(16)26-19(24)14-10-15(25-18(14)23)11-6-2-1-3-7-11/h1-9,14-15H,10H2. The number of cyclic esters (lactones) is 1. The quantitative estimate of drug-likeness (QED) is 0.478. The molecule has 0 aromatic heterocycles. The molecule has 0 radical (unpaired) electrons. The number of benzene rings is 2. The second kappa shape index (κ2) is 6.11. The van der Waals surface area contributed by atoms with Crippen LogP contribution >= 0.6 is 0 Å². The van der Waals surface area contributed by atoms with Crippen molar-refractivity contribution in [3.05, 3.63) is 71.3 Å². The van der Waals surface area contributed by atoms with Gasteiger partial charge < -0.3 is 9.57 Å². The largest absolute Gasteiger partial charge is 0.457 e. The number of hydroxylamine groups is 2. The van der Waals surface area contributed by atoms with Gasteiger partial charge >= 0.3 is 11.9 Å². The Bertz CT molecular complexity index is 888. The van der Waals surface area contributed by atoms with E-state index in [9.17, 15) is 19.2 Å². The van der Waals surface area contributed by atoms with Crippen LogP contribution in [-0.2, 0) is 19.2 Å². The summed E-state index contributed by atoms with van der Waals surface area (Å²) < 4.78 is 5.23. The fourth-order valence-electron chi connectivity index (χ4n) is 3.05. The van der Waals surface area contributed by atoms with E-state index in [4.69, 9.17) is 9.57 Å². The van der Waals surface area contributed by atoms with Crippen LogP contribution in [0.4, 0.5) is 0 Å². The minimum absolute atomic E-state index is 0.0881. The molecule has 2 aliphatic heterocycles. The summed E-state index contributed by atoms with van der Waals surface area (Å²) >= 11 is 0. The number of amides is 2. The first-order chi connectivity index (χ1) is 12.6. The van der Waals surface area contributed by atoms with Crippen molar-refractivity contribution in [2.45, 2.75) is 12.5 Å². The van der Waals surface area contributed by atoms with Gasteiger partial charge in [0.1, 0.15) is 6.10 Å². The molecule has 2 aliphatic rings. The molecule has 0 N–H and O–H groups in total. The molecule has 2 unspecified atom stereocenters. The summed E-state index contributed by atoms with van der Waals surface area (Å²) in [5.41, 5.74) is 1.07. The van der Waals surface area contributed by atoms with E-state index in [1.54, 1.807) is 36.4 Å². The maximum atomic E-state index is 12.4. The van der Waals surface area contributed by atoms with Crippen molar-refractivity contribution in [1.82, 2.24) is 5.06 Å². The molecule has 2 amide bonds. The monoisotopic (exact) mass is 351 g/mol. The molecule has 7 heteroatoms. The average molecular weight is 351 g/mol. The van der Waals surface area contributed by atoms with Gasteiger partial charge in [0.25, 0.3) is 11.8 Å². The molecule has 130 valence electrons. The van der Waals surface area contributed by atoms with Crippen molar-refractivity contribution >= 4 is 23.8 Å². The van der Waals surface area contributed by atoms with Crippen LogP contribution < -0.4 is 0 Å². The Kier molecular flexibility index (Phi) is 3.76. The van der Waals surface area contributed by atoms with E-state index in [0.29, 0.717) is 5.06 Å². The molecule has 2 aromatic rings. The number of esters is 1. The zero-order chi connectivity index (χ0) is 18.3. The van der Waals surface area contributed by atoms with Crippen LogP contribution in [0.25, 0.3) is 0 Å². The zero-order valence-corrected chi connectivity index (χ0v) is 13.5. The molecule has 0 bridgehead atoms. The highest BCUT2D eigenvalue weighted by atomic mass is 16.7. The molecule has 2 aromatic carbocycles. The van der Waals surface area contributed by atoms with Gasteiger partial charge in [0.15, 0.2) is 5.92 Å². The number of hydrogen-bond donors (Lipinski definition) is 0. The molecule has 0 aliphatic carbocycles. The molecule has 26 heavy (non-hydrogen) atoms. The van der Waals surface area contributed by atoms with E-state index in [0.717, 1.165) is 5.56 Å². The van der Waals surface area contributed by atoms with Crippen LogP contribution in [-0.4, -0.2) is 28.8 Å². The van der Waals surface area contributed by atoms with Gasteiger partial charge in [0.05, 0.1) is 11.1 Å². The van der Waals surface area contributed by atoms with E-state index < -0.39 is 35.8 Å². The molecule has 2 atom stereocenters. The fourth-order valence-corrected chi connectivity index (χ4v) is 3.05. The number of rotatable bonds is 3. The first-order valence-electron chi connectivity index (χ1n) is 8.01. The molecular weight excluding hydrogens is 338 g/mol. The van der Waals surface area contributed by atoms with Crippen LogP contribution in [0.2, 0.25) is 0 Å². The summed E-state index contributed by atoms with van der Waals surface area (Å²) in [6.45, 7) is 0. The maximum absolute atomic E-state index is 12.4. The summed E-state index contributed by atoms with van der Waals surface area (Å²) in [5, 5.41) is 0.399. The molecule has 0 spiro atoms. The van der Waals surface area contributed by atoms with E-state index in [2.05, 4.69) is 0 Å². The van der Waals surface area contributed by atoms with Crippen molar-refractivity contribution < 1.29 is 28.8 Å². The summed E-state index contributed by atoms with van der Waals surface area (Å²) in [5.74, 6) is -4.37. The Hall–Kier alpha value is -3.48. The third-order valence-electron chi connectivity index (χ3n) is 4.39. The zero-order valence-electron chi connectivity index (χ0n) is 13.5. The third-order valence-corrected chi connectivity index (χ3v) is 4.39. The third kappa shape index (κ3) is 2.54. The molecular formula is C19H13NO6. The molecule has 1 fully saturated rings. The van der Waals surface area contributed by atoms with Crippen LogP contribution in [0.3, 0.4) is 0 Å². The molecule has 2 heterocycles. The van der Waals surface area contributed by atoms with Crippen LogP contribution in [0, 0.1) is 5.92 Å². The van der Waals surface area contributed by atoms with Gasteiger partial charge in [-0.1, -0.05) is 47.5 Å². The van der Waals surface area contributed by atoms with E-state index >= 15 is 0 Å². The Balaban J connectivity index is 1.49. The maximum Gasteiger partial charge on any atom is 0.347 e. The summed E-state index contributed by atoms with van der Waals surface area (Å²) in [7, 11) is 0. The molecule has 1 saturated heterocycles. The summed E-state index contributed by atoms with van der Waals surface area (Å²) in [4.78, 5) is 53.8. The van der Waals surface area contributed by atoms with Gasteiger partial charge in [-0.2, -0.15) is 0 Å². The number of fused-ring (bicyclic) bond motifs is 1. The normalized spacial score (nSPS) is 21.5. The van der Waals surface area contributed by atoms with Gasteiger partial charge in [-0.25, -0.2) is 4.79 Å².